The molecule has 2 unspecified atom stereocenters. The van der Waals surface area contributed by atoms with Gasteiger partial charge in [0.2, 0.25) is 0 Å². The summed E-state index contributed by atoms with van der Waals surface area (Å²) in [5.41, 5.74) is 8.07. The van der Waals surface area contributed by atoms with Gasteiger partial charge in [-0.05, 0) is 83.3 Å². The van der Waals surface area contributed by atoms with Crippen LogP contribution >= 0.6 is 23.1 Å². The number of allylic oxidation sites excluding steroid dienone is 3. The molecule has 3 aromatic heterocycles. The Kier molecular flexibility index (Phi) is 6.27. The number of nitrogens with zero attached hydrogens (tertiary/aromatic N) is 2. The molecule has 10 rings (SSSR count). The summed E-state index contributed by atoms with van der Waals surface area (Å²) in [5, 5.41) is 2.72. The highest BCUT2D eigenvalue weighted by atomic mass is 32.2. The normalized spacial score (nSPS) is 18.1. The Balaban J connectivity index is 1.24. The van der Waals surface area contributed by atoms with Crippen LogP contribution in [0.1, 0.15) is 18.4 Å². The molecule has 0 fully saturated rings. The summed E-state index contributed by atoms with van der Waals surface area (Å²) < 4.78 is 32.8. The van der Waals surface area contributed by atoms with Crippen molar-refractivity contribution in [1.29, 1.82) is 0 Å². The molecule has 6 heteroatoms. The van der Waals surface area contributed by atoms with Gasteiger partial charge in [0, 0.05) is 58.3 Å². The van der Waals surface area contributed by atoms with E-state index >= 15 is 8.78 Å². The summed E-state index contributed by atoms with van der Waals surface area (Å²) in [6, 6.07) is 34.9. The summed E-state index contributed by atoms with van der Waals surface area (Å²) in [5.74, 6) is -1.51. The maximum atomic E-state index is 15.3. The summed E-state index contributed by atoms with van der Waals surface area (Å²) in [6.07, 6.45) is 10.5. The number of hydrogen-bond acceptors (Lipinski definition) is 4. The fraction of sp³-hybridized carbons (Fsp3) is 0.0698. The third-order valence-electron chi connectivity index (χ3n) is 10.0. The predicted octanol–water partition coefficient (Wildman–Crippen LogP) is 12.5. The molecule has 0 N–H and O–H groups in total. The van der Waals surface area contributed by atoms with Crippen molar-refractivity contribution < 1.29 is 8.78 Å². The lowest BCUT2D eigenvalue weighted by molar-refractivity contribution is 0.525. The first-order chi connectivity index (χ1) is 24.0. The maximum Gasteiger partial charge on any atom is 0.168 e. The molecule has 0 radical (unpaired) electrons. The third-order valence-corrected chi connectivity index (χ3v) is 12.7. The quantitative estimate of drug-likeness (QED) is 0.175. The van der Waals surface area contributed by atoms with E-state index in [1.54, 1.807) is 41.8 Å². The van der Waals surface area contributed by atoms with Gasteiger partial charge in [0.1, 0.15) is 5.52 Å². The number of halogens is 2. The van der Waals surface area contributed by atoms with Crippen LogP contribution in [0.3, 0.4) is 0 Å². The lowest BCUT2D eigenvalue weighted by Crippen LogP contribution is -2.22. The monoisotopic (exact) mass is 672 g/mol. The van der Waals surface area contributed by atoms with Gasteiger partial charge >= 0.3 is 0 Å². The van der Waals surface area contributed by atoms with Crippen LogP contribution in [0.5, 0.6) is 0 Å². The molecule has 234 valence electrons. The van der Waals surface area contributed by atoms with Crippen molar-refractivity contribution in [2.45, 2.75) is 22.5 Å². The Morgan fingerprint density at radius 2 is 1.41 bits per heavy atom. The summed E-state index contributed by atoms with van der Waals surface area (Å²) in [4.78, 5) is 10.7. The van der Waals surface area contributed by atoms with E-state index < -0.39 is 11.6 Å². The second kappa shape index (κ2) is 10.7. The standard InChI is InChI=1S/C43H26F2N2S2/c1-43-19-5-4-15-34(43)31-13-7-11-28(42(31)49-43)25-21-24(27-10-6-12-30-29-9-2-3-16-36(29)48-41(27)30)22-26(23-25)35-18-17-33-38(45)37(44)32-14-8-20-46-39(32)40(33)47-35/h2-23,34H,1H3. The zero-order valence-corrected chi connectivity index (χ0v) is 27.9. The van der Waals surface area contributed by atoms with E-state index in [-0.39, 0.29) is 15.5 Å². The Bertz CT molecular complexity index is 2760. The predicted molar refractivity (Wildman–Crippen MR) is 201 cm³/mol. The highest BCUT2D eigenvalue weighted by Gasteiger charge is 2.42. The van der Waals surface area contributed by atoms with Gasteiger partial charge in [-0.3, -0.25) is 4.98 Å². The molecule has 1 aliphatic carbocycles. The van der Waals surface area contributed by atoms with Crippen LogP contribution in [-0.2, 0) is 0 Å². The lowest BCUT2D eigenvalue weighted by Gasteiger charge is -2.27. The van der Waals surface area contributed by atoms with Crippen molar-refractivity contribution in [1.82, 2.24) is 9.97 Å². The molecule has 0 spiro atoms. The Morgan fingerprint density at radius 1 is 0.673 bits per heavy atom. The van der Waals surface area contributed by atoms with Crippen LogP contribution < -0.4 is 0 Å². The Labute approximate surface area is 289 Å². The average molecular weight is 673 g/mol. The summed E-state index contributed by atoms with van der Waals surface area (Å²) in [7, 11) is 0. The number of aromatic nitrogens is 2. The number of rotatable bonds is 3. The van der Waals surface area contributed by atoms with Crippen molar-refractivity contribution in [3.05, 3.63) is 151 Å². The van der Waals surface area contributed by atoms with Gasteiger partial charge in [0.25, 0.3) is 0 Å². The summed E-state index contributed by atoms with van der Waals surface area (Å²) >= 11 is 3.73. The highest BCUT2D eigenvalue weighted by Crippen LogP contribution is 2.58. The van der Waals surface area contributed by atoms with Crippen molar-refractivity contribution in [3.63, 3.8) is 0 Å². The maximum absolute atomic E-state index is 15.3. The third kappa shape index (κ3) is 4.30. The van der Waals surface area contributed by atoms with Gasteiger partial charge in [-0.2, -0.15) is 0 Å². The van der Waals surface area contributed by atoms with Crippen molar-refractivity contribution in [2.24, 2.45) is 0 Å². The molecule has 2 nitrogen and oxygen atoms in total. The molecule has 49 heavy (non-hydrogen) atoms. The molecule has 5 aromatic carbocycles. The number of thiophene rings is 1. The number of thioether (sulfide) groups is 1. The number of fused-ring (bicyclic) bond motifs is 9. The molecule has 2 aliphatic rings. The number of hydrogen-bond donors (Lipinski definition) is 0. The van der Waals surface area contributed by atoms with Crippen LogP contribution in [0.25, 0.3) is 75.5 Å². The number of benzene rings is 5. The first-order valence-corrected chi connectivity index (χ1v) is 17.9. The topological polar surface area (TPSA) is 25.8 Å². The van der Waals surface area contributed by atoms with E-state index in [4.69, 9.17) is 4.98 Å². The van der Waals surface area contributed by atoms with E-state index in [2.05, 4.69) is 115 Å². The van der Waals surface area contributed by atoms with Crippen LogP contribution in [0, 0.1) is 11.6 Å². The van der Waals surface area contributed by atoms with Crippen molar-refractivity contribution in [3.8, 4) is 33.5 Å². The fourth-order valence-corrected chi connectivity index (χ4v) is 10.4. The molecule has 0 saturated heterocycles. The number of pyridine rings is 2. The highest BCUT2D eigenvalue weighted by molar-refractivity contribution is 8.01. The van der Waals surface area contributed by atoms with Gasteiger partial charge in [-0.15, -0.1) is 23.1 Å². The average Bonchev–Trinajstić information content (AvgIpc) is 3.68. The molecular weight excluding hydrogens is 647 g/mol. The molecule has 0 amide bonds. The second-order valence-corrected chi connectivity index (χ2v) is 15.5. The minimum Gasteiger partial charge on any atom is -0.254 e. The summed E-state index contributed by atoms with van der Waals surface area (Å²) in [6.45, 7) is 2.31. The molecular formula is C43H26F2N2S2. The molecule has 0 bridgehead atoms. The Hall–Kier alpha value is -5.17. The van der Waals surface area contributed by atoms with E-state index in [1.807, 2.05) is 11.8 Å². The van der Waals surface area contributed by atoms with Crippen molar-refractivity contribution >= 4 is 65.1 Å². The van der Waals surface area contributed by atoms with Crippen molar-refractivity contribution in [2.75, 3.05) is 0 Å². The fourth-order valence-electron chi connectivity index (χ4n) is 7.63. The molecule has 2 atom stereocenters. The van der Waals surface area contributed by atoms with Gasteiger partial charge < -0.3 is 0 Å². The van der Waals surface area contributed by atoms with E-state index in [9.17, 15) is 0 Å². The van der Waals surface area contributed by atoms with Crippen LogP contribution in [0.15, 0.2) is 139 Å². The minimum absolute atomic E-state index is 0.0520. The van der Waals surface area contributed by atoms with Gasteiger partial charge in [0.05, 0.1) is 11.2 Å². The molecule has 4 heterocycles. The van der Waals surface area contributed by atoms with Gasteiger partial charge in [0.15, 0.2) is 11.6 Å². The largest absolute Gasteiger partial charge is 0.254 e. The molecule has 1 aliphatic heterocycles. The van der Waals surface area contributed by atoms with Crippen LogP contribution in [0.4, 0.5) is 8.78 Å². The smallest absolute Gasteiger partial charge is 0.168 e. The lowest BCUT2D eigenvalue weighted by atomic mass is 9.83. The zero-order chi connectivity index (χ0) is 32.9. The first-order valence-electron chi connectivity index (χ1n) is 16.2. The molecule has 8 aromatic rings. The molecule has 0 saturated carbocycles. The van der Waals surface area contributed by atoms with Gasteiger partial charge in [-0.25, -0.2) is 13.8 Å². The SMILES string of the molecule is CC12C=CC=CC1c1cccc(-c3cc(-c4ccc5c(F)c(F)c6cccnc6c5n4)cc(-c4cccc5c4sc4ccccc45)c3)c1S2. The minimum atomic E-state index is -0.907. The Morgan fingerprint density at radius 3 is 2.31 bits per heavy atom. The van der Waals surface area contributed by atoms with E-state index in [1.165, 1.54) is 36.2 Å². The van der Waals surface area contributed by atoms with E-state index in [0.29, 0.717) is 22.6 Å². The van der Waals surface area contributed by atoms with Crippen LogP contribution in [-0.4, -0.2) is 14.7 Å². The van der Waals surface area contributed by atoms with Crippen LogP contribution in [0.2, 0.25) is 0 Å². The second-order valence-electron chi connectivity index (χ2n) is 12.9. The van der Waals surface area contributed by atoms with Gasteiger partial charge in [-0.1, -0.05) is 78.9 Å². The van der Waals surface area contributed by atoms with E-state index in [0.717, 1.165) is 22.3 Å². The zero-order valence-electron chi connectivity index (χ0n) is 26.2. The first kappa shape index (κ1) is 28.8.